The first kappa shape index (κ1) is 22.0. The summed E-state index contributed by atoms with van der Waals surface area (Å²) in [6.07, 6.45) is -3.16. The molecule has 0 bridgehead atoms. The average molecular weight is 453 g/mol. The molecule has 2 aromatic heterocycles. The number of aromatic nitrogens is 4. The van der Waals surface area contributed by atoms with Gasteiger partial charge in [0.25, 0.3) is 5.91 Å². The van der Waals surface area contributed by atoms with Crippen LogP contribution in [0.25, 0.3) is 5.82 Å². The molecule has 4 rings (SSSR count). The standard InChI is InChI=1S/C23H18F3N5O2/c1-14-10-15(2)31(30-14)20-12-21(28-13-27-20)33-19-8-6-18(7-9-19)29-22(32)16-4-3-5-17(11-16)23(24,25)26/h3-13H,1-2H3,(H,29,32). The summed E-state index contributed by atoms with van der Waals surface area (Å²) in [5.41, 5.74) is 1.19. The Hall–Kier alpha value is -4.21. The first-order valence-electron chi connectivity index (χ1n) is 9.81. The van der Waals surface area contributed by atoms with Crippen molar-refractivity contribution in [2.24, 2.45) is 0 Å². The summed E-state index contributed by atoms with van der Waals surface area (Å²) in [5.74, 6) is 0.647. The van der Waals surface area contributed by atoms with Crippen molar-refractivity contribution in [1.29, 1.82) is 0 Å². The Balaban J connectivity index is 1.45. The molecule has 4 aromatic rings. The lowest BCUT2D eigenvalue weighted by molar-refractivity contribution is -0.137. The van der Waals surface area contributed by atoms with Gasteiger partial charge < -0.3 is 10.1 Å². The third-order valence-electron chi connectivity index (χ3n) is 4.64. The molecular weight excluding hydrogens is 435 g/mol. The molecule has 0 radical (unpaired) electrons. The van der Waals surface area contributed by atoms with Crippen LogP contribution in [0.1, 0.15) is 27.3 Å². The molecule has 2 heterocycles. The van der Waals surface area contributed by atoms with Crippen molar-refractivity contribution in [2.75, 3.05) is 5.32 Å². The lowest BCUT2D eigenvalue weighted by atomic mass is 10.1. The smallest absolute Gasteiger partial charge is 0.416 e. The molecule has 0 aliphatic carbocycles. The highest BCUT2D eigenvalue weighted by atomic mass is 19.4. The third-order valence-corrected chi connectivity index (χ3v) is 4.64. The highest BCUT2D eigenvalue weighted by Gasteiger charge is 2.30. The fraction of sp³-hybridized carbons (Fsp3) is 0.130. The van der Waals surface area contributed by atoms with Crippen molar-refractivity contribution < 1.29 is 22.7 Å². The predicted octanol–water partition coefficient (Wildman–Crippen LogP) is 5.34. The van der Waals surface area contributed by atoms with Crippen LogP contribution in [0.3, 0.4) is 0 Å². The molecule has 0 aliphatic heterocycles. The Labute approximate surface area is 186 Å². The molecule has 168 valence electrons. The van der Waals surface area contributed by atoms with Crippen LogP contribution in [0.4, 0.5) is 18.9 Å². The maximum absolute atomic E-state index is 12.9. The second kappa shape index (κ2) is 8.73. The van der Waals surface area contributed by atoms with Crippen LogP contribution in [-0.4, -0.2) is 25.7 Å². The molecule has 0 atom stereocenters. The minimum atomic E-state index is -4.52. The lowest BCUT2D eigenvalue weighted by Crippen LogP contribution is -2.13. The van der Waals surface area contributed by atoms with Gasteiger partial charge in [-0.2, -0.15) is 18.3 Å². The Bertz CT molecular complexity index is 1300. The molecule has 7 nitrogen and oxygen atoms in total. The number of aryl methyl sites for hydroxylation is 2. The summed E-state index contributed by atoms with van der Waals surface area (Å²) in [6, 6.07) is 14.2. The van der Waals surface area contributed by atoms with Gasteiger partial charge in [0.15, 0.2) is 5.82 Å². The van der Waals surface area contributed by atoms with E-state index in [4.69, 9.17) is 4.74 Å². The fourth-order valence-corrected chi connectivity index (χ4v) is 3.13. The Morgan fingerprint density at radius 1 is 1.00 bits per heavy atom. The number of nitrogens with zero attached hydrogens (tertiary/aromatic N) is 4. The molecule has 0 saturated carbocycles. The number of carbonyl (C=O) groups is 1. The first-order valence-corrected chi connectivity index (χ1v) is 9.81. The number of alkyl halides is 3. The fourth-order valence-electron chi connectivity index (χ4n) is 3.13. The van der Waals surface area contributed by atoms with Gasteiger partial charge in [-0.25, -0.2) is 14.6 Å². The highest BCUT2D eigenvalue weighted by Crippen LogP contribution is 2.30. The molecule has 33 heavy (non-hydrogen) atoms. The predicted molar refractivity (Wildman–Crippen MR) is 115 cm³/mol. The molecule has 10 heteroatoms. The van der Waals surface area contributed by atoms with E-state index in [2.05, 4.69) is 20.4 Å². The third kappa shape index (κ3) is 5.17. The molecule has 0 unspecified atom stereocenters. The van der Waals surface area contributed by atoms with Crippen LogP contribution in [-0.2, 0) is 6.18 Å². The molecule has 0 fully saturated rings. The minimum Gasteiger partial charge on any atom is -0.439 e. The average Bonchev–Trinajstić information content (AvgIpc) is 3.13. The van der Waals surface area contributed by atoms with Crippen molar-refractivity contribution in [3.8, 4) is 17.4 Å². The van der Waals surface area contributed by atoms with E-state index in [0.29, 0.717) is 23.1 Å². The Morgan fingerprint density at radius 2 is 1.76 bits per heavy atom. The van der Waals surface area contributed by atoms with Crippen LogP contribution < -0.4 is 10.1 Å². The molecule has 0 saturated heterocycles. The van der Waals surface area contributed by atoms with E-state index in [1.54, 1.807) is 35.0 Å². The van der Waals surface area contributed by atoms with Gasteiger partial charge in [-0.1, -0.05) is 6.07 Å². The Kier molecular flexibility index (Phi) is 5.82. The van der Waals surface area contributed by atoms with Crippen molar-refractivity contribution in [3.63, 3.8) is 0 Å². The Morgan fingerprint density at radius 3 is 2.42 bits per heavy atom. The van der Waals surface area contributed by atoms with Crippen molar-refractivity contribution >= 4 is 11.6 Å². The zero-order chi connectivity index (χ0) is 23.6. The number of hydrogen-bond acceptors (Lipinski definition) is 5. The number of hydrogen-bond donors (Lipinski definition) is 1. The van der Waals surface area contributed by atoms with Gasteiger partial charge in [0.1, 0.15) is 12.1 Å². The number of carbonyl (C=O) groups excluding carboxylic acids is 1. The quantitative estimate of drug-likeness (QED) is 0.441. The first-order chi connectivity index (χ1) is 15.7. The maximum Gasteiger partial charge on any atom is 0.416 e. The van der Waals surface area contributed by atoms with E-state index in [9.17, 15) is 18.0 Å². The van der Waals surface area contributed by atoms with E-state index in [-0.39, 0.29) is 5.56 Å². The summed E-state index contributed by atoms with van der Waals surface area (Å²) >= 11 is 0. The minimum absolute atomic E-state index is 0.0946. The summed E-state index contributed by atoms with van der Waals surface area (Å²) in [5, 5.41) is 6.95. The number of amides is 1. The lowest BCUT2D eigenvalue weighted by Gasteiger charge is -2.10. The summed E-state index contributed by atoms with van der Waals surface area (Å²) in [4.78, 5) is 20.6. The van der Waals surface area contributed by atoms with Gasteiger partial charge in [0.05, 0.1) is 11.3 Å². The number of benzene rings is 2. The molecule has 0 spiro atoms. The molecule has 0 aliphatic rings. The second-order valence-corrected chi connectivity index (χ2v) is 7.21. The van der Waals surface area contributed by atoms with E-state index in [1.165, 1.54) is 18.5 Å². The number of halogens is 3. The summed E-state index contributed by atoms with van der Waals surface area (Å²) in [6.45, 7) is 3.80. The normalized spacial score (nSPS) is 11.3. The van der Waals surface area contributed by atoms with Crippen molar-refractivity contribution in [1.82, 2.24) is 19.7 Å². The van der Waals surface area contributed by atoms with Crippen LogP contribution in [0.15, 0.2) is 67.0 Å². The van der Waals surface area contributed by atoms with Gasteiger partial charge in [-0.15, -0.1) is 0 Å². The highest BCUT2D eigenvalue weighted by molar-refractivity contribution is 6.04. The topological polar surface area (TPSA) is 81.9 Å². The number of rotatable bonds is 5. The van der Waals surface area contributed by atoms with E-state index >= 15 is 0 Å². The van der Waals surface area contributed by atoms with Gasteiger partial charge in [0, 0.05) is 23.0 Å². The molecule has 2 aromatic carbocycles. The van der Waals surface area contributed by atoms with Crippen LogP contribution in [0, 0.1) is 13.8 Å². The zero-order valence-electron chi connectivity index (χ0n) is 17.6. The van der Waals surface area contributed by atoms with Gasteiger partial charge in [-0.3, -0.25) is 4.79 Å². The number of ether oxygens (including phenoxy) is 1. The van der Waals surface area contributed by atoms with Crippen LogP contribution in [0.2, 0.25) is 0 Å². The summed E-state index contributed by atoms with van der Waals surface area (Å²) < 4.78 is 46.0. The zero-order valence-corrected chi connectivity index (χ0v) is 17.6. The van der Waals surface area contributed by atoms with E-state index < -0.39 is 17.6 Å². The molecule has 1 amide bonds. The van der Waals surface area contributed by atoms with Crippen LogP contribution >= 0.6 is 0 Å². The van der Waals surface area contributed by atoms with E-state index in [0.717, 1.165) is 23.5 Å². The van der Waals surface area contributed by atoms with Crippen LogP contribution in [0.5, 0.6) is 11.6 Å². The van der Waals surface area contributed by atoms with Crippen molar-refractivity contribution in [3.05, 3.63) is 89.5 Å². The monoisotopic (exact) mass is 453 g/mol. The molecular formula is C23H18F3N5O2. The largest absolute Gasteiger partial charge is 0.439 e. The van der Waals surface area contributed by atoms with Gasteiger partial charge in [0.2, 0.25) is 5.88 Å². The number of anilines is 1. The second-order valence-electron chi connectivity index (χ2n) is 7.21. The summed E-state index contributed by atoms with van der Waals surface area (Å²) in [7, 11) is 0. The SMILES string of the molecule is Cc1cc(C)n(-c2cc(Oc3ccc(NC(=O)c4cccc(C(F)(F)F)c4)cc3)ncn2)n1. The van der Waals surface area contributed by atoms with Gasteiger partial charge in [-0.05, 0) is 62.4 Å². The molecule has 1 N–H and O–H groups in total. The number of nitrogens with one attached hydrogen (secondary N) is 1. The van der Waals surface area contributed by atoms with Gasteiger partial charge >= 0.3 is 6.18 Å². The van der Waals surface area contributed by atoms with Crippen molar-refractivity contribution in [2.45, 2.75) is 20.0 Å². The van der Waals surface area contributed by atoms with E-state index in [1.807, 2.05) is 19.9 Å². The maximum atomic E-state index is 12.9.